The Morgan fingerprint density at radius 1 is 1.26 bits per heavy atom. The highest BCUT2D eigenvalue weighted by molar-refractivity contribution is 6.31. The van der Waals surface area contributed by atoms with Crippen LogP contribution in [-0.2, 0) is 0 Å². The fourth-order valence-corrected chi connectivity index (χ4v) is 1.72. The molecular weight excluding hydrogens is 269 g/mol. The molecular formula is C13H11ClFN3O. The molecule has 0 aliphatic carbocycles. The molecule has 98 valence electrons. The van der Waals surface area contributed by atoms with E-state index in [1.165, 1.54) is 18.3 Å². The fourth-order valence-electron chi connectivity index (χ4n) is 1.50. The van der Waals surface area contributed by atoms with E-state index in [1.807, 2.05) is 0 Å². The first-order valence-corrected chi connectivity index (χ1v) is 5.87. The minimum Gasteiger partial charge on any atom is -0.387 e. The highest BCUT2D eigenvalue weighted by Gasteiger charge is 2.08. The summed E-state index contributed by atoms with van der Waals surface area (Å²) in [4.78, 5) is 15.9. The standard InChI is InChI=1S/C13H11ClFN3O/c1-16-10-2-3-12(17-7-10)13(19)18-11-5-8(14)4-9(15)6-11/h2-7,16H,1H3,(H,18,19). The second kappa shape index (κ2) is 5.67. The number of carbonyl (C=O) groups is 1. The molecule has 1 aromatic carbocycles. The molecule has 0 saturated carbocycles. The molecule has 19 heavy (non-hydrogen) atoms. The van der Waals surface area contributed by atoms with Crippen LogP contribution >= 0.6 is 11.6 Å². The van der Waals surface area contributed by atoms with Gasteiger partial charge >= 0.3 is 0 Å². The van der Waals surface area contributed by atoms with Gasteiger partial charge in [0.15, 0.2) is 0 Å². The maximum atomic E-state index is 13.1. The summed E-state index contributed by atoms with van der Waals surface area (Å²) < 4.78 is 13.1. The van der Waals surface area contributed by atoms with Gasteiger partial charge in [-0.1, -0.05) is 11.6 Å². The van der Waals surface area contributed by atoms with Gasteiger partial charge in [-0.05, 0) is 30.3 Å². The van der Waals surface area contributed by atoms with Crippen molar-refractivity contribution in [1.82, 2.24) is 4.98 Å². The lowest BCUT2D eigenvalue weighted by molar-refractivity contribution is 0.102. The molecule has 0 spiro atoms. The van der Waals surface area contributed by atoms with Crippen molar-refractivity contribution in [3.8, 4) is 0 Å². The molecule has 1 amide bonds. The van der Waals surface area contributed by atoms with E-state index in [2.05, 4.69) is 15.6 Å². The van der Waals surface area contributed by atoms with Gasteiger partial charge in [0.2, 0.25) is 0 Å². The number of nitrogens with one attached hydrogen (secondary N) is 2. The lowest BCUT2D eigenvalue weighted by atomic mass is 10.2. The van der Waals surface area contributed by atoms with E-state index in [4.69, 9.17) is 11.6 Å². The molecule has 0 unspecified atom stereocenters. The van der Waals surface area contributed by atoms with Crippen LogP contribution in [-0.4, -0.2) is 17.9 Å². The zero-order chi connectivity index (χ0) is 13.8. The van der Waals surface area contributed by atoms with Gasteiger partial charge < -0.3 is 10.6 Å². The van der Waals surface area contributed by atoms with E-state index in [9.17, 15) is 9.18 Å². The van der Waals surface area contributed by atoms with Crippen molar-refractivity contribution in [3.63, 3.8) is 0 Å². The van der Waals surface area contributed by atoms with Gasteiger partial charge in [0.05, 0.1) is 11.9 Å². The summed E-state index contributed by atoms with van der Waals surface area (Å²) in [5, 5.41) is 5.64. The average Bonchev–Trinajstić information content (AvgIpc) is 2.37. The predicted molar refractivity (Wildman–Crippen MR) is 73.1 cm³/mol. The van der Waals surface area contributed by atoms with E-state index in [-0.39, 0.29) is 16.4 Å². The molecule has 2 aromatic rings. The zero-order valence-corrected chi connectivity index (χ0v) is 10.8. The highest BCUT2D eigenvalue weighted by Crippen LogP contribution is 2.18. The molecule has 0 atom stereocenters. The average molecular weight is 280 g/mol. The van der Waals surface area contributed by atoms with E-state index >= 15 is 0 Å². The van der Waals surface area contributed by atoms with Crippen LogP contribution in [0.25, 0.3) is 0 Å². The van der Waals surface area contributed by atoms with Gasteiger partial charge in [0, 0.05) is 17.8 Å². The summed E-state index contributed by atoms with van der Waals surface area (Å²) in [6, 6.07) is 7.11. The Morgan fingerprint density at radius 3 is 2.63 bits per heavy atom. The number of aromatic nitrogens is 1. The Kier molecular flexibility index (Phi) is 3.97. The molecule has 6 heteroatoms. The van der Waals surface area contributed by atoms with E-state index in [1.54, 1.807) is 19.2 Å². The first-order valence-electron chi connectivity index (χ1n) is 5.50. The molecule has 1 heterocycles. The Hall–Kier alpha value is -2.14. The fraction of sp³-hybridized carbons (Fsp3) is 0.0769. The quantitative estimate of drug-likeness (QED) is 0.907. The van der Waals surface area contributed by atoms with Gasteiger partial charge in [-0.3, -0.25) is 4.79 Å². The van der Waals surface area contributed by atoms with Crippen LogP contribution in [0.5, 0.6) is 0 Å². The normalized spacial score (nSPS) is 10.1. The van der Waals surface area contributed by atoms with Crippen LogP contribution < -0.4 is 10.6 Å². The molecule has 0 saturated heterocycles. The van der Waals surface area contributed by atoms with Crippen LogP contribution in [0.2, 0.25) is 5.02 Å². The predicted octanol–water partition coefficient (Wildman–Crippen LogP) is 3.17. The molecule has 2 rings (SSSR count). The molecule has 0 bridgehead atoms. The monoisotopic (exact) mass is 279 g/mol. The number of pyridine rings is 1. The number of rotatable bonds is 3. The summed E-state index contributed by atoms with van der Waals surface area (Å²) in [5.74, 6) is -0.939. The molecule has 0 fully saturated rings. The lowest BCUT2D eigenvalue weighted by Gasteiger charge is -2.06. The van der Waals surface area contributed by atoms with E-state index in [0.717, 1.165) is 11.8 Å². The Morgan fingerprint density at radius 2 is 2.05 bits per heavy atom. The van der Waals surface area contributed by atoms with E-state index in [0.29, 0.717) is 0 Å². The van der Waals surface area contributed by atoms with Crippen LogP contribution in [0.15, 0.2) is 36.5 Å². The molecule has 0 aliphatic heterocycles. The first-order chi connectivity index (χ1) is 9.08. The number of benzene rings is 1. The van der Waals surface area contributed by atoms with Crippen molar-refractivity contribution in [3.05, 3.63) is 53.1 Å². The Bertz CT molecular complexity index is 581. The van der Waals surface area contributed by atoms with Crippen LogP contribution in [0.4, 0.5) is 15.8 Å². The molecule has 0 radical (unpaired) electrons. The smallest absolute Gasteiger partial charge is 0.274 e. The largest absolute Gasteiger partial charge is 0.387 e. The van der Waals surface area contributed by atoms with Gasteiger partial charge in [-0.25, -0.2) is 9.37 Å². The Labute approximate surface area is 114 Å². The minimum absolute atomic E-state index is 0.216. The zero-order valence-electron chi connectivity index (χ0n) is 10.1. The number of amides is 1. The number of hydrogen-bond donors (Lipinski definition) is 2. The number of carbonyl (C=O) groups excluding carboxylic acids is 1. The van der Waals surface area contributed by atoms with Crippen molar-refractivity contribution >= 4 is 28.9 Å². The van der Waals surface area contributed by atoms with Crippen molar-refractivity contribution in [2.45, 2.75) is 0 Å². The minimum atomic E-state index is -0.513. The third-order valence-electron chi connectivity index (χ3n) is 2.41. The lowest BCUT2D eigenvalue weighted by Crippen LogP contribution is -2.13. The highest BCUT2D eigenvalue weighted by atomic mass is 35.5. The van der Waals surface area contributed by atoms with Gasteiger partial charge in [-0.2, -0.15) is 0 Å². The summed E-state index contributed by atoms with van der Waals surface area (Å²) >= 11 is 5.70. The Balaban J connectivity index is 2.15. The van der Waals surface area contributed by atoms with Crippen molar-refractivity contribution < 1.29 is 9.18 Å². The van der Waals surface area contributed by atoms with Crippen LogP contribution in [0.3, 0.4) is 0 Å². The number of nitrogens with zero attached hydrogens (tertiary/aromatic N) is 1. The second-order valence-electron chi connectivity index (χ2n) is 3.79. The molecule has 4 nitrogen and oxygen atoms in total. The van der Waals surface area contributed by atoms with Crippen molar-refractivity contribution in [2.24, 2.45) is 0 Å². The topological polar surface area (TPSA) is 54.0 Å². The first kappa shape index (κ1) is 13.3. The SMILES string of the molecule is CNc1ccc(C(=O)Nc2cc(F)cc(Cl)c2)nc1. The van der Waals surface area contributed by atoms with Crippen LogP contribution in [0.1, 0.15) is 10.5 Å². The summed E-state index contributed by atoms with van der Waals surface area (Å²) in [5.41, 5.74) is 1.32. The molecule has 2 N–H and O–H groups in total. The van der Waals surface area contributed by atoms with Gasteiger partial charge in [0.25, 0.3) is 5.91 Å². The third kappa shape index (κ3) is 3.42. The number of hydrogen-bond acceptors (Lipinski definition) is 3. The number of halogens is 2. The number of anilines is 2. The third-order valence-corrected chi connectivity index (χ3v) is 2.62. The summed E-state index contributed by atoms with van der Waals surface area (Å²) in [6.45, 7) is 0. The van der Waals surface area contributed by atoms with Crippen molar-refractivity contribution in [1.29, 1.82) is 0 Å². The maximum Gasteiger partial charge on any atom is 0.274 e. The van der Waals surface area contributed by atoms with Gasteiger partial charge in [-0.15, -0.1) is 0 Å². The second-order valence-corrected chi connectivity index (χ2v) is 4.23. The van der Waals surface area contributed by atoms with Crippen molar-refractivity contribution in [2.75, 3.05) is 17.7 Å². The molecule has 1 aromatic heterocycles. The van der Waals surface area contributed by atoms with E-state index < -0.39 is 11.7 Å². The summed E-state index contributed by atoms with van der Waals surface area (Å²) in [7, 11) is 1.76. The van der Waals surface area contributed by atoms with Gasteiger partial charge in [0.1, 0.15) is 11.5 Å². The van der Waals surface area contributed by atoms with Crippen LogP contribution in [0, 0.1) is 5.82 Å². The molecule has 0 aliphatic rings. The maximum absolute atomic E-state index is 13.1. The summed E-state index contributed by atoms with van der Waals surface area (Å²) in [6.07, 6.45) is 1.54.